The minimum absolute atomic E-state index is 0.251. The van der Waals surface area contributed by atoms with Gasteiger partial charge in [-0.1, -0.05) is 15.9 Å². The summed E-state index contributed by atoms with van der Waals surface area (Å²) in [5.74, 6) is 1.48. The molecule has 26 heavy (non-hydrogen) atoms. The summed E-state index contributed by atoms with van der Waals surface area (Å²) in [6, 6.07) is 9.39. The molecular formula is C20H22BrFN2O2. The second-order valence-electron chi connectivity index (χ2n) is 6.07. The summed E-state index contributed by atoms with van der Waals surface area (Å²) in [7, 11) is 3.13. The second-order valence-corrected chi connectivity index (χ2v) is 6.99. The molecule has 3 rings (SSSR count). The summed E-state index contributed by atoms with van der Waals surface area (Å²) in [6.07, 6.45) is 2.16. The van der Waals surface area contributed by atoms with Crippen molar-refractivity contribution < 1.29 is 13.9 Å². The Bertz CT molecular complexity index is 824. The molecule has 0 saturated carbocycles. The number of aliphatic imine (C=N–C) groups is 1. The molecule has 2 aromatic rings. The van der Waals surface area contributed by atoms with E-state index in [1.807, 2.05) is 24.3 Å². The number of methoxy groups -OCH3 is 2. The van der Waals surface area contributed by atoms with Crippen LogP contribution in [0.15, 0.2) is 39.8 Å². The molecule has 138 valence electrons. The van der Waals surface area contributed by atoms with Crippen LogP contribution in [-0.2, 0) is 12.8 Å². The molecule has 6 heteroatoms. The van der Waals surface area contributed by atoms with Crippen LogP contribution in [0.4, 0.5) is 4.39 Å². The zero-order chi connectivity index (χ0) is 18.5. The number of rotatable bonds is 6. The van der Waals surface area contributed by atoms with Crippen molar-refractivity contribution in [3.63, 3.8) is 0 Å². The lowest BCUT2D eigenvalue weighted by atomic mass is 9.97. The van der Waals surface area contributed by atoms with Gasteiger partial charge in [-0.3, -0.25) is 4.99 Å². The molecule has 0 aromatic heterocycles. The molecule has 0 spiro atoms. The van der Waals surface area contributed by atoms with Gasteiger partial charge in [0.05, 0.1) is 14.2 Å². The van der Waals surface area contributed by atoms with Crippen LogP contribution in [0, 0.1) is 5.82 Å². The third-order valence-corrected chi connectivity index (χ3v) is 4.96. The number of nitrogens with one attached hydrogen (secondary N) is 1. The van der Waals surface area contributed by atoms with E-state index in [2.05, 4.69) is 26.2 Å². The summed E-state index contributed by atoms with van der Waals surface area (Å²) in [4.78, 5) is 4.53. The Balaban J connectivity index is 1.95. The molecule has 1 aliphatic rings. The fraction of sp³-hybridized carbons (Fsp3) is 0.350. The van der Waals surface area contributed by atoms with Crippen molar-refractivity contribution in [2.24, 2.45) is 4.99 Å². The number of nitrogens with zero attached hydrogens (tertiary/aromatic N) is 1. The van der Waals surface area contributed by atoms with Gasteiger partial charge >= 0.3 is 0 Å². The van der Waals surface area contributed by atoms with Crippen LogP contribution in [0.1, 0.15) is 23.1 Å². The van der Waals surface area contributed by atoms with Gasteiger partial charge in [-0.05, 0) is 55.2 Å². The Hall–Kier alpha value is -2.08. The Morgan fingerprint density at radius 1 is 1.12 bits per heavy atom. The SMILES string of the molecule is COc1ccc(Br)cc1CCc1c(C2=NCCCN2)ccc(OC)c1F. The second kappa shape index (κ2) is 8.54. The predicted molar refractivity (Wildman–Crippen MR) is 105 cm³/mol. The lowest BCUT2D eigenvalue weighted by Gasteiger charge is -2.19. The average molecular weight is 421 g/mol. The Morgan fingerprint density at radius 3 is 2.58 bits per heavy atom. The van der Waals surface area contributed by atoms with Crippen molar-refractivity contribution in [1.29, 1.82) is 0 Å². The Morgan fingerprint density at radius 2 is 1.88 bits per heavy atom. The number of hydrogen-bond acceptors (Lipinski definition) is 4. The number of aryl methyl sites for hydroxylation is 1. The fourth-order valence-electron chi connectivity index (χ4n) is 3.14. The topological polar surface area (TPSA) is 42.8 Å². The van der Waals surface area contributed by atoms with Crippen molar-refractivity contribution in [3.8, 4) is 11.5 Å². The minimum Gasteiger partial charge on any atom is -0.496 e. The van der Waals surface area contributed by atoms with Gasteiger partial charge in [0.15, 0.2) is 11.6 Å². The van der Waals surface area contributed by atoms with Gasteiger partial charge in [-0.2, -0.15) is 0 Å². The van der Waals surface area contributed by atoms with Crippen molar-refractivity contribution in [3.05, 3.63) is 57.3 Å². The molecule has 0 amide bonds. The summed E-state index contributed by atoms with van der Waals surface area (Å²) >= 11 is 3.49. The standard InChI is InChI=1S/C20H22BrFN2O2/c1-25-17-8-5-14(21)12-13(17)4-6-15-16(20-23-10-3-11-24-20)7-9-18(26-2)19(15)22/h5,7-9,12H,3-4,6,10-11H2,1-2H3,(H,23,24). The first kappa shape index (κ1) is 18.7. The Kier molecular flexibility index (Phi) is 6.14. The molecule has 0 radical (unpaired) electrons. The van der Waals surface area contributed by atoms with Gasteiger partial charge in [0.25, 0.3) is 0 Å². The van der Waals surface area contributed by atoms with Crippen LogP contribution in [0.2, 0.25) is 0 Å². The van der Waals surface area contributed by atoms with E-state index in [-0.39, 0.29) is 11.6 Å². The van der Waals surface area contributed by atoms with Gasteiger partial charge in [0.2, 0.25) is 0 Å². The number of halogens is 2. The van der Waals surface area contributed by atoms with Gasteiger partial charge in [-0.15, -0.1) is 0 Å². The first-order chi connectivity index (χ1) is 12.6. The monoisotopic (exact) mass is 420 g/mol. The largest absolute Gasteiger partial charge is 0.496 e. The first-order valence-electron chi connectivity index (χ1n) is 8.60. The van der Waals surface area contributed by atoms with Crippen LogP contribution >= 0.6 is 15.9 Å². The molecule has 2 aromatic carbocycles. The molecule has 0 fully saturated rings. The quantitative estimate of drug-likeness (QED) is 0.763. The van der Waals surface area contributed by atoms with E-state index in [1.165, 1.54) is 7.11 Å². The molecule has 4 nitrogen and oxygen atoms in total. The molecule has 0 atom stereocenters. The highest BCUT2D eigenvalue weighted by molar-refractivity contribution is 9.10. The van der Waals surface area contributed by atoms with Crippen LogP contribution in [-0.4, -0.2) is 33.1 Å². The molecular weight excluding hydrogens is 399 g/mol. The van der Waals surface area contributed by atoms with E-state index in [4.69, 9.17) is 9.47 Å². The average Bonchev–Trinajstić information content (AvgIpc) is 2.67. The van der Waals surface area contributed by atoms with Gasteiger partial charge in [0, 0.05) is 28.7 Å². The predicted octanol–water partition coefficient (Wildman–Crippen LogP) is 4.13. The summed E-state index contributed by atoms with van der Waals surface area (Å²) < 4.78 is 26.6. The van der Waals surface area contributed by atoms with Gasteiger partial charge in [-0.25, -0.2) is 4.39 Å². The van der Waals surface area contributed by atoms with Gasteiger partial charge < -0.3 is 14.8 Å². The summed E-state index contributed by atoms with van der Waals surface area (Å²) in [5, 5.41) is 3.28. The number of benzene rings is 2. The third kappa shape index (κ3) is 4.01. The number of ether oxygens (including phenoxy) is 2. The highest BCUT2D eigenvalue weighted by atomic mass is 79.9. The van der Waals surface area contributed by atoms with Crippen LogP contribution in [0.25, 0.3) is 0 Å². The highest BCUT2D eigenvalue weighted by Gasteiger charge is 2.19. The molecule has 1 aliphatic heterocycles. The van der Waals surface area contributed by atoms with E-state index in [0.29, 0.717) is 18.4 Å². The van der Waals surface area contributed by atoms with Crippen LogP contribution in [0.3, 0.4) is 0 Å². The lowest BCUT2D eigenvalue weighted by molar-refractivity contribution is 0.383. The van der Waals surface area contributed by atoms with E-state index < -0.39 is 0 Å². The number of amidine groups is 1. The fourth-order valence-corrected chi connectivity index (χ4v) is 3.55. The van der Waals surface area contributed by atoms with E-state index in [1.54, 1.807) is 13.2 Å². The molecule has 1 N–H and O–H groups in total. The van der Waals surface area contributed by atoms with E-state index in [0.717, 1.165) is 46.7 Å². The van der Waals surface area contributed by atoms with E-state index >= 15 is 4.39 Å². The highest BCUT2D eigenvalue weighted by Crippen LogP contribution is 2.29. The first-order valence-corrected chi connectivity index (χ1v) is 9.39. The number of hydrogen-bond donors (Lipinski definition) is 1. The molecule has 0 unspecified atom stereocenters. The van der Waals surface area contributed by atoms with Crippen molar-refractivity contribution in [2.45, 2.75) is 19.3 Å². The van der Waals surface area contributed by atoms with E-state index in [9.17, 15) is 0 Å². The zero-order valence-electron chi connectivity index (χ0n) is 14.9. The summed E-state index contributed by atoms with van der Waals surface area (Å²) in [5.41, 5.74) is 2.44. The van der Waals surface area contributed by atoms with Gasteiger partial charge in [0.1, 0.15) is 11.6 Å². The van der Waals surface area contributed by atoms with Crippen LogP contribution in [0.5, 0.6) is 11.5 Å². The van der Waals surface area contributed by atoms with Crippen molar-refractivity contribution in [2.75, 3.05) is 27.3 Å². The summed E-state index contributed by atoms with van der Waals surface area (Å²) in [6.45, 7) is 1.61. The molecule has 0 aliphatic carbocycles. The third-order valence-electron chi connectivity index (χ3n) is 4.47. The van der Waals surface area contributed by atoms with Crippen molar-refractivity contribution in [1.82, 2.24) is 5.32 Å². The zero-order valence-corrected chi connectivity index (χ0v) is 16.5. The lowest BCUT2D eigenvalue weighted by Crippen LogP contribution is -2.31. The maximum atomic E-state index is 15.0. The smallest absolute Gasteiger partial charge is 0.168 e. The molecule has 0 saturated heterocycles. The molecule has 1 heterocycles. The normalized spacial score (nSPS) is 13.8. The van der Waals surface area contributed by atoms with Crippen LogP contribution < -0.4 is 14.8 Å². The van der Waals surface area contributed by atoms with Crippen molar-refractivity contribution >= 4 is 21.8 Å². The maximum Gasteiger partial charge on any atom is 0.168 e. The Labute approximate surface area is 161 Å². The molecule has 0 bridgehead atoms. The minimum atomic E-state index is -0.325. The maximum absolute atomic E-state index is 15.0.